The molecule has 0 unspecified atom stereocenters. The van der Waals surface area contributed by atoms with Crippen LogP contribution in [0.4, 0.5) is 11.5 Å². The van der Waals surface area contributed by atoms with Crippen LogP contribution < -0.4 is 10.2 Å². The lowest BCUT2D eigenvalue weighted by Gasteiger charge is -2.18. The van der Waals surface area contributed by atoms with Crippen molar-refractivity contribution in [3.8, 4) is 0 Å². The molecule has 2 aromatic heterocycles. The Bertz CT molecular complexity index is 855. The van der Waals surface area contributed by atoms with E-state index in [1.807, 2.05) is 36.2 Å². The van der Waals surface area contributed by atoms with Crippen LogP contribution in [-0.2, 0) is 6.54 Å². The van der Waals surface area contributed by atoms with Gasteiger partial charge < -0.3 is 10.2 Å². The lowest BCUT2D eigenvalue weighted by atomic mass is 10.2. The first kappa shape index (κ1) is 16.9. The van der Waals surface area contributed by atoms with E-state index < -0.39 is 0 Å². The van der Waals surface area contributed by atoms with E-state index in [1.54, 1.807) is 30.6 Å². The van der Waals surface area contributed by atoms with Gasteiger partial charge in [-0.2, -0.15) is 0 Å². The Balaban J connectivity index is 1.72. The van der Waals surface area contributed by atoms with Crippen LogP contribution >= 0.6 is 11.6 Å². The Morgan fingerprint density at radius 1 is 1.12 bits per heavy atom. The van der Waals surface area contributed by atoms with Crippen LogP contribution in [0.1, 0.15) is 16.1 Å². The molecule has 0 bridgehead atoms. The molecule has 3 rings (SSSR count). The Morgan fingerprint density at radius 3 is 2.56 bits per heavy atom. The highest BCUT2D eigenvalue weighted by Gasteiger charge is 2.11. The molecule has 0 saturated heterocycles. The van der Waals surface area contributed by atoms with E-state index in [2.05, 4.69) is 20.3 Å². The van der Waals surface area contributed by atoms with Crippen molar-refractivity contribution in [3.05, 3.63) is 77.5 Å². The fraction of sp³-hybridized carbons (Fsp3) is 0.111. The number of carbonyl (C=O) groups excluding carboxylic acids is 1. The number of benzene rings is 1. The Kier molecular flexibility index (Phi) is 5.20. The van der Waals surface area contributed by atoms with Gasteiger partial charge in [-0.15, -0.1) is 0 Å². The van der Waals surface area contributed by atoms with Crippen molar-refractivity contribution in [3.63, 3.8) is 0 Å². The first-order chi connectivity index (χ1) is 12.1. The van der Waals surface area contributed by atoms with Gasteiger partial charge in [0.25, 0.3) is 5.91 Å². The summed E-state index contributed by atoms with van der Waals surface area (Å²) in [6.45, 7) is 0.638. The van der Waals surface area contributed by atoms with Crippen molar-refractivity contribution < 1.29 is 4.79 Å². The van der Waals surface area contributed by atoms with Crippen molar-refractivity contribution >= 4 is 29.0 Å². The van der Waals surface area contributed by atoms with Crippen molar-refractivity contribution in [2.45, 2.75) is 6.54 Å². The number of nitrogens with zero attached hydrogens (tertiary/aromatic N) is 4. The fourth-order valence-corrected chi connectivity index (χ4v) is 2.38. The molecule has 0 saturated carbocycles. The fourth-order valence-electron chi connectivity index (χ4n) is 2.26. The van der Waals surface area contributed by atoms with E-state index in [-0.39, 0.29) is 5.91 Å². The molecule has 1 N–H and O–H groups in total. The van der Waals surface area contributed by atoms with E-state index in [1.165, 1.54) is 6.33 Å². The quantitative estimate of drug-likeness (QED) is 0.761. The van der Waals surface area contributed by atoms with Gasteiger partial charge in [0, 0.05) is 42.8 Å². The predicted octanol–water partition coefficient (Wildman–Crippen LogP) is 3.41. The predicted molar refractivity (Wildman–Crippen MR) is 97.8 cm³/mol. The van der Waals surface area contributed by atoms with Crippen molar-refractivity contribution in [2.24, 2.45) is 0 Å². The van der Waals surface area contributed by atoms with Gasteiger partial charge in [-0.3, -0.25) is 9.78 Å². The van der Waals surface area contributed by atoms with Crippen LogP contribution in [0.25, 0.3) is 0 Å². The molecule has 126 valence electrons. The maximum Gasteiger partial charge on any atom is 0.274 e. The number of aromatic nitrogens is 3. The van der Waals surface area contributed by atoms with Gasteiger partial charge in [0.1, 0.15) is 17.8 Å². The molecule has 0 atom stereocenters. The van der Waals surface area contributed by atoms with Crippen LogP contribution in [0.15, 0.2) is 61.2 Å². The molecule has 0 radical (unpaired) electrons. The number of halogens is 1. The first-order valence-electron chi connectivity index (χ1n) is 7.61. The number of carbonyl (C=O) groups is 1. The summed E-state index contributed by atoms with van der Waals surface area (Å²) >= 11 is 5.90. The Hall–Kier alpha value is -2.99. The minimum atomic E-state index is -0.297. The zero-order valence-corrected chi connectivity index (χ0v) is 14.3. The molecular formula is C18H16ClN5O. The molecule has 0 aliphatic heterocycles. The second-order valence-electron chi connectivity index (χ2n) is 5.43. The summed E-state index contributed by atoms with van der Waals surface area (Å²) in [5.74, 6) is 0.361. The molecule has 1 amide bonds. The standard InChI is InChI=1S/C18H16ClN5O/c1-24(11-13-2-4-14(19)5-3-13)17-10-16(21-12-22-17)18(25)23-15-6-8-20-9-7-15/h2-10,12H,11H2,1H3,(H,20,23,25). The second kappa shape index (κ2) is 7.72. The molecule has 0 aliphatic carbocycles. The molecule has 2 heterocycles. The number of anilines is 2. The average Bonchev–Trinajstić information content (AvgIpc) is 2.64. The van der Waals surface area contributed by atoms with Crippen LogP contribution in [0, 0.1) is 0 Å². The van der Waals surface area contributed by atoms with Gasteiger partial charge in [0.15, 0.2) is 0 Å². The average molecular weight is 354 g/mol. The van der Waals surface area contributed by atoms with Gasteiger partial charge in [0.2, 0.25) is 0 Å². The maximum atomic E-state index is 12.3. The maximum absolute atomic E-state index is 12.3. The normalized spacial score (nSPS) is 10.3. The topological polar surface area (TPSA) is 71.0 Å². The first-order valence-corrected chi connectivity index (χ1v) is 7.98. The molecule has 0 fully saturated rings. The monoisotopic (exact) mass is 353 g/mol. The molecular weight excluding hydrogens is 338 g/mol. The van der Waals surface area contributed by atoms with Crippen LogP contribution in [-0.4, -0.2) is 27.9 Å². The largest absolute Gasteiger partial charge is 0.355 e. The number of nitrogens with one attached hydrogen (secondary N) is 1. The SMILES string of the molecule is CN(Cc1ccc(Cl)cc1)c1cc(C(=O)Nc2ccncc2)ncn1. The third kappa shape index (κ3) is 4.51. The van der Waals surface area contributed by atoms with Crippen molar-refractivity contribution in [2.75, 3.05) is 17.3 Å². The van der Waals surface area contributed by atoms with Gasteiger partial charge in [-0.1, -0.05) is 23.7 Å². The number of pyridine rings is 1. The van der Waals surface area contributed by atoms with Crippen molar-refractivity contribution in [1.82, 2.24) is 15.0 Å². The highest BCUT2D eigenvalue weighted by molar-refractivity contribution is 6.30. The molecule has 6 nitrogen and oxygen atoms in total. The summed E-state index contributed by atoms with van der Waals surface area (Å²) in [5.41, 5.74) is 2.05. The minimum Gasteiger partial charge on any atom is -0.355 e. The number of hydrogen-bond donors (Lipinski definition) is 1. The van der Waals surface area contributed by atoms with E-state index in [0.29, 0.717) is 28.8 Å². The van der Waals surface area contributed by atoms with Crippen molar-refractivity contribution in [1.29, 1.82) is 0 Å². The van der Waals surface area contributed by atoms with E-state index >= 15 is 0 Å². The molecule has 0 aliphatic rings. The molecule has 7 heteroatoms. The van der Waals surface area contributed by atoms with E-state index in [0.717, 1.165) is 5.56 Å². The van der Waals surface area contributed by atoms with Gasteiger partial charge in [0.05, 0.1) is 0 Å². The van der Waals surface area contributed by atoms with Crippen LogP contribution in [0.3, 0.4) is 0 Å². The third-order valence-electron chi connectivity index (χ3n) is 3.55. The summed E-state index contributed by atoms with van der Waals surface area (Å²) in [5, 5.41) is 3.48. The lowest BCUT2D eigenvalue weighted by molar-refractivity contribution is 0.102. The lowest BCUT2D eigenvalue weighted by Crippen LogP contribution is -2.20. The second-order valence-corrected chi connectivity index (χ2v) is 5.87. The highest BCUT2D eigenvalue weighted by atomic mass is 35.5. The summed E-state index contributed by atoms with van der Waals surface area (Å²) in [6.07, 6.45) is 4.61. The zero-order chi connectivity index (χ0) is 17.6. The Labute approximate surface area is 150 Å². The molecule has 1 aromatic carbocycles. The third-order valence-corrected chi connectivity index (χ3v) is 3.80. The minimum absolute atomic E-state index is 0.296. The molecule has 3 aromatic rings. The molecule has 25 heavy (non-hydrogen) atoms. The summed E-state index contributed by atoms with van der Waals surface area (Å²) in [7, 11) is 1.90. The van der Waals surface area contributed by atoms with Crippen LogP contribution in [0.5, 0.6) is 0 Å². The number of hydrogen-bond acceptors (Lipinski definition) is 5. The summed E-state index contributed by atoms with van der Waals surface area (Å²) < 4.78 is 0. The van der Waals surface area contributed by atoms with Gasteiger partial charge in [-0.05, 0) is 29.8 Å². The number of amides is 1. The summed E-state index contributed by atoms with van der Waals surface area (Å²) in [6, 6.07) is 12.7. The summed E-state index contributed by atoms with van der Waals surface area (Å²) in [4.78, 5) is 26.5. The van der Waals surface area contributed by atoms with Crippen LogP contribution in [0.2, 0.25) is 5.02 Å². The molecule has 0 spiro atoms. The van der Waals surface area contributed by atoms with Gasteiger partial charge in [-0.25, -0.2) is 9.97 Å². The zero-order valence-electron chi connectivity index (χ0n) is 13.6. The smallest absolute Gasteiger partial charge is 0.274 e. The highest BCUT2D eigenvalue weighted by Crippen LogP contribution is 2.16. The van der Waals surface area contributed by atoms with Gasteiger partial charge >= 0.3 is 0 Å². The number of rotatable bonds is 5. The Morgan fingerprint density at radius 2 is 1.84 bits per heavy atom. The van der Waals surface area contributed by atoms with E-state index in [4.69, 9.17) is 11.6 Å². The van der Waals surface area contributed by atoms with E-state index in [9.17, 15) is 4.79 Å².